The molecule has 5 rings (SSSR count). The highest BCUT2D eigenvalue weighted by atomic mass is 32.2. The zero-order valence-electron chi connectivity index (χ0n) is 21.4. The first kappa shape index (κ1) is 25.6. The Morgan fingerprint density at radius 1 is 1.05 bits per heavy atom. The number of hydrogen-bond acceptors (Lipinski definition) is 9. The molecule has 0 saturated carbocycles. The quantitative estimate of drug-likeness (QED) is 0.513. The van der Waals surface area contributed by atoms with E-state index in [2.05, 4.69) is 51.1 Å². The standard InChI is InChI=1S/C26H33FN6O3S/c1-17(2)18-4-5-22(32-10-12-37(34,35)13-11-32)20-15-29-25(14-19(18)20)30-24-6-8-28-26(31-24)33-9-7-23(36-3)21(27)16-33/h4-6,8,14-15,17,21,23H,7,9-13,16H2,1-3H3,(H,28,29,30,31)/t21-,23+/m1/s1. The summed E-state index contributed by atoms with van der Waals surface area (Å²) in [6.07, 6.45) is 2.59. The molecule has 0 aliphatic carbocycles. The molecule has 2 atom stereocenters. The normalized spacial score (nSPS) is 22.0. The zero-order valence-corrected chi connectivity index (χ0v) is 22.2. The van der Waals surface area contributed by atoms with E-state index in [9.17, 15) is 12.8 Å². The van der Waals surface area contributed by atoms with Crippen molar-refractivity contribution in [1.82, 2.24) is 15.0 Å². The van der Waals surface area contributed by atoms with E-state index in [1.54, 1.807) is 12.3 Å². The second-order valence-electron chi connectivity index (χ2n) is 9.97. The van der Waals surface area contributed by atoms with Crippen molar-refractivity contribution in [2.75, 3.05) is 59.9 Å². The van der Waals surface area contributed by atoms with Crippen LogP contribution in [0.25, 0.3) is 10.8 Å². The SMILES string of the molecule is CO[C@H]1CCN(c2nccc(Nc3cc4c(C(C)C)ccc(N5CCS(=O)(=O)CC5)c4cn3)n2)C[C@H]1F. The lowest BCUT2D eigenvalue weighted by Crippen LogP contribution is -2.46. The first-order valence-electron chi connectivity index (χ1n) is 12.6. The van der Waals surface area contributed by atoms with Crippen molar-refractivity contribution in [3.05, 3.63) is 42.2 Å². The van der Waals surface area contributed by atoms with E-state index in [1.165, 1.54) is 12.7 Å². The fourth-order valence-corrected chi connectivity index (χ4v) is 6.28. The molecular formula is C26H33FN6O3S. The molecule has 0 bridgehead atoms. The van der Waals surface area contributed by atoms with Crippen LogP contribution in [0, 0.1) is 0 Å². The summed E-state index contributed by atoms with van der Waals surface area (Å²) in [5.41, 5.74) is 2.19. The van der Waals surface area contributed by atoms with Crippen molar-refractivity contribution >= 4 is 43.9 Å². The molecule has 1 aromatic carbocycles. The molecule has 11 heteroatoms. The summed E-state index contributed by atoms with van der Waals surface area (Å²) in [7, 11) is -1.43. The minimum Gasteiger partial charge on any atom is -0.378 e. The van der Waals surface area contributed by atoms with Crippen LogP contribution in [0.1, 0.15) is 31.7 Å². The van der Waals surface area contributed by atoms with E-state index in [1.807, 2.05) is 17.2 Å². The third-order valence-corrected chi connectivity index (χ3v) is 8.79. The summed E-state index contributed by atoms with van der Waals surface area (Å²) in [5.74, 6) is 2.30. The number of pyridine rings is 1. The molecule has 2 aromatic heterocycles. The van der Waals surface area contributed by atoms with Gasteiger partial charge in [0.1, 0.15) is 17.8 Å². The summed E-state index contributed by atoms with van der Waals surface area (Å²) in [4.78, 5) is 17.6. The van der Waals surface area contributed by atoms with Gasteiger partial charge in [0, 0.05) is 50.2 Å². The number of halogens is 1. The Labute approximate surface area is 217 Å². The molecule has 0 spiro atoms. The van der Waals surface area contributed by atoms with Crippen LogP contribution in [0.4, 0.5) is 27.7 Å². The first-order chi connectivity index (χ1) is 17.7. The molecule has 2 aliphatic rings. The Morgan fingerprint density at radius 2 is 1.84 bits per heavy atom. The monoisotopic (exact) mass is 528 g/mol. The van der Waals surface area contributed by atoms with Crippen LogP contribution in [-0.2, 0) is 14.6 Å². The number of hydrogen-bond donors (Lipinski definition) is 1. The van der Waals surface area contributed by atoms with Gasteiger partial charge < -0.3 is 19.9 Å². The van der Waals surface area contributed by atoms with Crippen LogP contribution in [0.5, 0.6) is 0 Å². The second-order valence-corrected chi connectivity index (χ2v) is 12.3. The molecule has 2 saturated heterocycles. The average Bonchev–Trinajstić information content (AvgIpc) is 2.88. The molecule has 0 radical (unpaired) electrons. The van der Waals surface area contributed by atoms with E-state index in [-0.39, 0.29) is 18.1 Å². The van der Waals surface area contributed by atoms with Crippen LogP contribution < -0.4 is 15.1 Å². The highest BCUT2D eigenvalue weighted by Gasteiger charge is 2.30. The van der Waals surface area contributed by atoms with Gasteiger partial charge in [0.2, 0.25) is 5.95 Å². The molecule has 37 heavy (non-hydrogen) atoms. The lowest BCUT2D eigenvalue weighted by Gasteiger charge is -2.33. The summed E-state index contributed by atoms with van der Waals surface area (Å²) < 4.78 is 43.5. The number of aromatic nitrogens is 3. The van der Waals surface area contributed by atoms with E-state index >= 15 is 0 Å². The van der Waals surface area contributed by atoms with Gasteiger partial charge >= 0.3 is 0 Å². The van der Waals surface area contributed by atoms with Crippen molar-refractivity contribution in [1.29, 1.82) is 0 Å². The first-order valence-corrected chi connectivity index (χ1v) is 14.5. The van der Waals surface area contributed by atoms with Crippen molar-refractivity contribution in [3.63, 3.8) is 0 Å². The molecule has 1 N–H and O–H groups in total. The third kappa shape index (κ3) is 5.47. The fourth-order valence-electron chi connectivity index (χ4n) is 5.08. The number of ether oxygens (including phenoxy) is 1. The van der Waals surface area contributed by atoms with Gasteiger partial charge in [0.25, 0.3) is 0 Å². The van der Waals surface area contributed by atoms with Gasteiger partial charge in [-0.1, -0.05) is 19.9 Å². The van der Waals surface area contributed by atoms with Crippen molar-refractivity contribution < 1.29 is 17.5 Å². The maximum Gasteiger partial charge on any atom is 0.227 e. The lowest BCUT2D eigenvalue weighted by molar-refractivity contribution is 0.0194. The minimum absolute atomic E-state index is 0.163. The van der Waals surface area contributed by atoms with E-state index in [0.717, 1.165) is 16.5 Å². The maximum atomic E-state index is 14.4. The second kappa shape index (κ2) is 10.4. The number of fused-ring (bicyclic) bond motifs is 1. The number of methoxy groups -OCH3 is 1. The zero-order chi connectivity index (χ0) is 26.2. The lowest BCUT2D eigenvalue weighted by atomic mass is 9.95. The molecule has 198 valence electrons. The maximum absolute atomic E-state index is 14.4. The van der Waals surface area contributed by atoms with E-state index < -0.39 is 22.1 Å². The number of nitrogens with one attached hydrogen (secondary N) is 1. The van der Waals surface area contributed by atoms with Crippen molar-refractivity contribution in [2.45, 2.75) is 38.5 Å². The van der Waals surface area contributed by atoms with Crippen molar-refractivity contribution in [2.24, 2.45) is 0 Å². The van der Waals surface area contributed by atoms with E-state index in [0.29, 0.717) is 49.6 Å². The van der Waals surface area contributed by atoms with Gasteiger partial charge in [-0.3, -0.25) is 0 Å². The van der Waals surface area contributed by atoms with Gasteiger partial charge in [0.15, 0.2) is 9.84 Å². The molecule has 2 aliphatic heterocycles. The summed E-state index contributed by atoms with van der Waals surface area (Å²) >= 11 is 0. The topological polar surface area (TPSA) is 101 Å². The number of piperidine rings is 1. The fraction of sp³-hybridized carbons (Fsp3) is 0.500. The molecular weight excluding hydrogens is 495 g/mol. The molecule has 4 heterocycles. The third-order valence-electron chi connectivity index (χ3n) is 7.19. The van der Waals surface area contributed by atoms with Crippen LogP contribution in [0.2, 0.25) is 0 Å². The highest BCUT2D eigenvalue weighted by molar-refractivity contribution is 7.91. The van der Waals surface area contributed by atoms with Gasteiger partial charge in [-0.05, 0) is 41.5 Å². The molecule has 0 unspecified atom stereocenters. The Kier molecular flexibility index (Phi) is 7.17. The van der Waals surface area contributed by atoms with Crippen molar-refractivity contribution in [3.8, 4) is 0 Å². The Balaban J connectivity index is 1.42. The highest BCUT2D eigenvalue weighted by Crippen LogP contribution is 2.35. The van der Waals surface area contributed by atoms with Crippen LogP contribution >= 0.6 is 0 Å². The predicted octanol–water partition coefficient (Wildman–Crippen LogP) is 3.69. The Morgan fingerprint density at radius 3 is 2.54 bits per heavy atom. The predicted molar refractivity (Wildman–Crippen MR) is 145 cm³/mol. The number of alkyl halides is 1. The summed E-state index contributed by atoms with van der Waals surface area (Å²) in [6.45, 7) is 6.06. The number of nitrogens with zero attached hydrogens (tertiary/aromatic N) is 5. The van der Waals surface area contributed by atoms with Crippen LogP contribution in [0.3, 0.4) is 0 Å². The van der Waals surface area contributed by atoms with Gasteiger partial charge in [-0.25, -0.2) is 22.8 Å². The largest absolute Gasteiger partial charge is 0.378 e. The Bertz CT molecular complexity index is 1370. The van der Waals surface area contributed by atoms with Gasteiger partial charge in [-0.15, -0.1) is 0 Å². The molecule has 2 fully saturated rings. The molecule has 9 nitrogen and oxygen atoms in total. The Hall–Kier alpha value is -3.05. The number of anilines is 4. The van der Waals surface area contributed by atoms with E-state index in [4.69, 9.17) is 4.74 Å². The molecule has 0 amide bonds. The summed E-state index contributed by atoms with van der Waals surface area (Å²) in [6, 6.07) is 7.97. The number of sulfone groups is 1. The van der Waals surface area contributed by atoms with Gasteiger partial charge in [-0.2, -0.15) is 4.98 Å². The molecule has 3 aromatic rings. The smallest absolute Gasteiger partial charge is 0.227 e. The summed E-state index contributed by atoms with van der Waals surface area (Å²) in [5, 5.41) is 5.34. The average molecular weight is 529 g/mol. The van der Waals surface area contributed by atoms with Crippen LogP contribution in [-0.4, -0.2) is 80.4 Å². The van der Waals surface area contributed by atoms with Crippen LogP contribution in [0.15, 0.2) is 36.7 Å². The minimum atomic E-state index is -2.97. The number of rotatable bonds is 6. The van der Waals surface area contributed by atoms with Gasteiger partial charge in [0.05, 0.1) is 24.2 Å². The number of benzene rings is 1.